The number of anilines is 1. The van der Waals surface area contributed by atoms with Gasteiger partial charge >= 0.3 is 0 Å². The van der Waals surface area contributed by atoms with Crippen molar-refractivity contribution in [2.45, 2.75) is 6.92 Å². The molecule has 3 aromatic heterocycles. The summed E-state index contributed by atoms with van der Waals surface area (Å²) in [5, 5.41) is 6.44. The molecule has 0 spiro atoms. The number of nitrogens with zero attached hydrogens (tertiary/aromatic N) is 4. The van der Waals surface area contributed by atoms with Crippen molar-refractivity contribution in [2.75, 3.05) is 5.32 Å². The van der Waals surface area contributed by atoms with Crippen LogP contribution in [0, 0.1) is 6.92 Å². The SMILES string of the molecule is Cc1cc(-c2nc(C(=O)Nc3cn(C)nc3C(N)=O)co2)ccn1.Cl. The van der Waals surface area contributed by atoms with Gasteiger partial charge in [0.1, 0.15) is 6.26 Å². The van der Waals surface area contributed by atoms with Crippen molar-refractivity contribution in [3.05, 3.63) is 47.9 Å². The summed E-state index contributed by atoms with van der Waals surface area (Å²) in [5.74, 6) is -0.975. The Kier molecular flexibility index (Phi) is 5.18. The minimum Gasteiger partial charge on any atom is -0.444 e. The fraction of sp³-hybridized carbons (Fsp3) is 0.133. The first-order valence-electron chi connectivity index (χ1n) is 6.97. The summed E-state index contributed by atoms with van der Waals surface area (Å²) < 4.78 is 6.71. The van der Waals surface area contributed by atoms with Crippen molar-refractivity contribution in [2.24, 2.45) is 12.8 Å². The predicted octanol–water partition coefficient (Wildman–Crippen LogP) is 1.55. The van der Waals surface area contributed by atoms with Gasteiger partial charge in [0.2, 0.25) is 5.89 Å². The lowest BCUT2D eigenvalue weighted by molar-refractivity contribution is 0.0995. The lowest BCUT2D eigenvalue weighted by atomic mass is 10.2. The van der Waals surface area contributed by atoms with Gasteiger partial charge in [-0.1, -0.05) is 0 Å². The Hall–Kier alpha value is -3.20. The molecule has 0 aromatic carbocycles. The van der Waals surface area contributed by atoms with Crippen molar-refractivity contribution in [3.63, 3.8) is 0 Å². The number of nitrogens with two attached hydrogens (primary N) is 1. The van der Waals surface area contributed by atoms with Gasteiger partial charge < -0.3 is 15.5 Å². The summed E-state index contributed by atoms with van der Waals surface area (Å²) in [6.07, 6.45) is 4.34. The molecule has 25 heavy (non-hydrogen) atoms. The zero-order valence-electron chi connectivity index (χ0n) is 13.4. The fourth-order valence-electron chi connectivity index (χ4n) is 2.14. The molecule has 0 fully saturated rings. The first kappa shape index (κ1) is 18.1. The monoisotopic (exact) mass is 362 g/mol. The number of primary amides is 1. The number of hydrogen-bond donors (Lipinski definition) is 2. The molecule has 0 saturated carbocycles. The summed E-state index contributed by atoms with van der Waals surface area (Å²) in [6.45, 7) is 1.84. The van der Waals surface area contributed by atoms with Gasteiger partial charge in [0.05, 0.1) is 5.69 Å². The van der Waals surface area contributed by atoms with Crippen molar-refractivity contribution in [3.8, 4) is 11.5 Å². The summed E-state index contributed by atoms with van der Waals surface area (Å²) >= 11 is 0. The van der Waals surface area contributed by atoms with E-state index in [2.05, 4.69) is 20.4 Å². The maximum absolute atomic E-state index is 12.3. The van der Waals surface area contributed by atoms with Crippen LogP contribution in [0.15, 0.2) is 35.2 Å². The summed E-state index contributed by atoms with van der Waals surface area (Å²) in [6, 6.07) is 3.52. The third kappa shape index (κ3) is 3.83. The van der Waals surface area contributed by atoms with Crippen LogP contribution in [0.2, 0.25) is 0 Å². The van der Waals surface area contributed by atoms with Crippen molar-refractivity contribution < 1.29 is 14.0 Å². The van der Waals surface area contributed by atoms with Gasteiger partial charge in [-0.25, -0.2) is 4.98 Å². The molecule has 3 N–H and O–H groups in total. The lowest BCUT2D eigenvalue weighted by Gasteiger charge is -2.00. The third-order valence-corrected chi connectivity index (χ3v) is 3.19. The summed E-state index contributed by atoms with van der Waals surface area (Å²) in [4.78, 5) is 31.8. The first-order valence-corrected chi connectivity index (χ1v) is 6.97. The lowest BCUT2D eigenvalue weighted by Crippen LogP contribution is -2.18. The van der Waals surface area contributed by atoms with Crippen molar-refractivity contribution in [1.82, 2.24) is 19.7 Å². The Morgan fingerprint density at radius 3 is 2.80 bits per heavy atom. The number of amides is 2. The molecular formula is C15H15ClN6O3. The molecule has 0 bridgehead atoms. The predicted molar refractivity (Wildman–Crippen MR) is 91.4 cm³/mol. The zero-order valence-corrected chi connectivity index (χ0v) is 14.2. The van der Waals surface area contributed by atoms with Crippen LogP contribution < -0.4 is 11.1 Å². The smallest absolute Gasteiger partial charge is 0.277 e. The van der Waals surface area contributed by atoms with E-state index in [1.54, 1.807) is 25.4 Å². The molecule has 0 aliphatic heterocycles. The number of rotatable bonds is 4. The molecule has 0 aliphatic carbocycles. The van der Waals surface area contributed by atoms with Crippen LogP contribution in [0.1, 0.15) is 26.7 Å². The van der Waals surface area contributed by atoms with E-state index in [-0.39, 0.29) is 29.5 Å². The second kappa shape index (κ2) is 7.14. The molecule has 0 radical (unpaired) electrons. The number of carbonyl (C=O) groups excluding carboxylic acids is 2. The van der Waals surface area contributed by atoms with Crippen molar-refractivity contribution in [1.29, 1.82) is 0 Å². The summed E-state index contributed by atoms with van der Waals surface area (Å²) in [5.41, 5.74) is 6.99. The molecular weight excluding hydrogens is 348 g/mol. The number of oxazole rings is 1. The Balaban J connectivity index is 0.00000225. The molecule has 2 amide bonds. The second-order valence-corrected chi connectivity index (χ2v) is 5.11. The van der Waals surface area contributed by atoms with E-state index in [1.165, 1.54) is 17.1 Å². The number of halogens is 1. The van der Waals surface area contributed by atoms with E-state index in [0.717, 1.165) is 5.69 Å². The number of aromatic nitrogens is 4. The van der Waals surface area contributed by atoms with Gasteiger partial charge in [0.25, 0.3) is 11.8 Å². The highest BCUT2D eigenvalue weighted by molar-refractivity contribution is 6.07. The van der Waals surface area contributed by atoms with E-state index in [4.69, 9.17) is 10.2 Å². The van der Waals surface area contributed by atoms with E-state index in [9.17, 15) is 9.59 Å². The molecule has 9 nitrogen and oxygen atoms in total. The quantitative estimate of drug-likeness (QED) is 0.724. The molecule has 3 rings (SSSR count). The number of hydrogen-bond acceptors (Lipinski definition) is 6. The molecule has 0 unspecified atom stereocenters. The van der Waals surface area contributed by atoms with Gasteiger partial charge in [-0.15, -0.1) is 12.4 Å². The van der Waals surface area contributed by atoms with Crippen LogP contribution in [-0.2, 0) is 7.05 Å². The van der Waals surface area contributed by atoms with E-state index in [0.29, 0.717) is 11.5 Å². The highest BCUT2D eigenvalue weighted by atomic mass is 35.5. The summed E-state index contributed by atoms with van der Waals surface area (Å²) in [7, 11) is 1.61. The first-order chi connectivity index (χ1) is 11.4. The number of aryl methyl sites for hydroxylation is 2. The Labute approximate surface area is 148 Å². The Bertz CT molecular complexity index is 933. The van der Waals surface area contributed by atoms with E-state index >= 15 is 0 Å². The van der Waals surface area contributed by atoms with Crippen LogP contribution in [0.5, 0.6) is 0 Å². The molecule has 3 heterocycles. The number of pyridine rings is 1. The number of carbonyl (C=O) groups is 2. The van der Waals surface area contributed by atoms with Crippen LogP contribution in [0.4, 0.5) is 5.69 Å². The van der Waals surface area contributed by atoms with Gasteiger partial charge in [0.15, 0.2) is 11.4 Å². The topological polar surface area (TPSA) is 129 Å². The van der Waals surface area contributed by atoms with Crippen LogP contribution in [0.3, 0.4) is 0 Å². The maximum atomic E-state index is 12.3. The van der Waals surface area contributed by atoms with Crippen LogP contribution in [0.25, 0.3) is 11.5 Å². The third-order valence-electron chi connectivity index (χ3n) is 3.19. The van der Waals surface area contributed by atoms with Crippen LogP contribution in [-0.4, -0.2) is 31.6 Å². The molecule has 0 aliphatic rings. The highest BCUT2D eigenvalue weighted by Gasteiger charge is 2.19. The molecule has 0 atom stereocenters. The van der Waals surface area contributed by atoms with Crippen LogP contribution >= 0.6 is 12.4 Å². The maximum Gasteiger partial charge on any atom is 0.277 e. The number of nitrogens with one attached hydrogen (secondary N) is 1. The standard InChI is InChI=1S/C15H14N6O3.ClH/c1-8-5-9(3-4-17-8)15-19-11(7-24-15)14(23)18-10-6-21(2)20-12(10)13(16)22;/h3-7H,1-2H3,(H2,16,22)(H,18,23);1H. The highest BCUT2D eigenvalue weighted by Crippen LogP contribution is 2.20. The molecule has 0 saturated heterocycles. The minimum absolute atomic E-state index is 0. The van der Waals surface area contributed by atoms with E-state index < -0.39 is 11.8 Å². The fourth-order valence-corrected chi connectivity index (χ4v) is 2.14. The normalized spacial score (nSPS) is 10.2. The van der Waals surface area contributed by atoms with Gasteiger partial charge in [-0.3, -0.25) is 19.3 Å². The Morgan fingerprint density at radius 2 is 2.12 bits per heavy atom. The average molecular weight is 363 g/mol. The molecule has 3 aromatic rings. The minimum atomic E-state index is -0.737. The Morgan fingerprint density at radius 1 is 1.36 bits per heavy atom. The van der Waals surface area contributed by atoms with Crippen molar-refractivity contribution >= 4 is 29.9 Å². The molecule has 10 heteroatoms. The van der Waals surface area contributed by atoms with Gasteiger partial charge in [0, 0.05) is 30.7 Å². The zero-order chi connectivity index (χ0) is 17.3. The van der Waals surface area contributed by atoms with E-state index in [1.807, 2.05) is 6.92 Å². The largest absolute Gasteiger partial charge is 0.444 e. The second-order valence-electron chi connectivity index (χ2n) is 5.11. The average Bonchev–Trinajstić information content (AvgIpc) is 3.14. The van der Waals surface area contributed by atoms with Gasteiger partial charge in [-0.2, -0.15) is 5.10 Å². The van der Waals surface area contributed by atoms with Gasteiger partial charge in [-0.05, 0) is 19.1 Å². The molecule has 130 valence electrons.